The van der Waals surface area contributed by atoms with Gasteiger partial charge >= 0.3 is 6.02 Å². The lowest BCUT2D eigenvalue weighted by atomic mass is 9.91. The number of amides is 1. The van der Waals surface area contributed by atoms with Crippen LogP contribution >= 0.6 is 0 Å². The lowest BCUT2D eigenvalue weighted by Gasteiger charge is -2.29. The highest BCUT2D eigenvalue weighted by Crippen LogP contribution is 2.30. The Kier molecular flexibility index (Phi) is 2.71. The average Bonchev–Trinajstić information content (AvgIpc) is 2.33. The fourth-order valence-electron chi connectivity index (χ4n) is 1.43. The minimum absolute atomic E-state index is 0.196. The number of amidine groups is 1. The Bertz CT molecular complexity index is 299. The molecule has 76 valence electrons. The maximum Gasteiger partial charge on any atom is 0.318 e. The van der Waals surface area contributed by atoms with Gasteiger partial charge in [-0.25, -0.2) is 0 Å². The highest BCUT2D eigenvalue weighted by molar-refractivity contribution is 6.02. The molecule has 0 unspecified atom stereocenters. The van der Waals surface area contributed by atoms with E-state index in [-0.39, 0.29) is 12.8 Å². The molecule has 0 saturated heterocycles. The van der Waals surface area contributed by atoms with Gasteiger partial charge in [0.05, 0.1) is 0 Å². The van der Waals surface area contributed by atoms with Crippen molar-refractivity contribution in [3.8, 4) is 0 Å². The van der Waals surface area contributed by atoms with Crippen LogP contribution in [0, 0.1) is 0 Å². The van der Waals surface area contributed by atoms with Gasteiger partial charge in [0.1, 0.15) is 0 Å². The van der Waals surface area contributed by atoms with Crippen molar-refractivity contribution < 1.29 is 15.1 Å². The number of aliphatic hydroxyl groups excluding tert-OH is 1. The summed E-state index contributed by atoms with van der Waals surface area (Å²) in [6, 6.07) is -0.682. The van der Waals surface area contributed by atoms with Crippen molar-refractivity contribution in [2.75, 3.05) is 0 Å². The molecular weight excluding hydrogens is 184 g/mol. The van der Waals surface area contributed by atoms with Gasteiger partial charge in [0.25, 0.3) is 5.91 Å². The van der Waals surface area contributed by atoms with Gasteiger partial charge in [0.15, 0.2) is 5.54 Å². The summed E-state index contributed by atoms with van der Waals surface area (Å²) in [7, 11) is 0. The topological polar surface area (TPSA) is 73.1 Å². The fraction of sp³-hybridized carbons (Fsp3) is 0.333. The average molecular weight is 196 g/mol. The molecule has 0 spiro atoms. The van der Waals surface area contributed by atoms with Crippen molar-refractivity contribution in [2.24, 2.45) is 4.99 Å². The van der Waals surface area contributed by atoms with Crippen LogP contribution in [0.25, 0.3) is 0 Å². The van der Waals surface area contributed by atoms with Crippen LogP contribution < -0.4 is 0 Å². The number of carbonyl (C=O) groups is 1. The third-order valence-electron chi connectivity index (χ3n) is 2.16. The second-order valence-corrected chi connectivity index (χ2v) is 3.05. The Labute approximate surface area is 81.6 Å². The summed E-state index contributed by atoms with van der Waals surface area (Å²) in [6.07, 6.45) is 3.36. The van der Waals surface area contributed by atoms with E-state index in [0.717, 1.165) is 0 Å². The molecule has 0 aromatic carbocycles. The van der Waals surface area contributed by atoms with Crippen LogP contribution in [0.4, 0.5) is 0 Å². The minimum Gasteiger partial charge on any atom is -0.479 e. The molecule has 0 aromatic rings. The Morgan fingerprint density at radius 1 is 1.43 bits per heavy atom. The summed E-state index contributed by atoms with van der Waals surface area (Å²) >= 11 is 0. The molecule has 1 amide bonds. The number of rotatable bonds is 4. The van der Waals surface area contributed by atoms with E-state index in [1.165, 1.54) is 12.2 Å². The van der Waals surface area contributed by atoms with Crippen molar-refractivity contribution in [3.63, 3.8) is 0 Å². The number of aliphatic hydroxyl groups is 1. The Balaban J connectivity index is 3.04. The van der Waals surface area contributed by atoms with Gasteiger partial charge in [-0.2, -0.15) is 10.1 Å². The lowest BCUT2D eigenvalue weighted by molar-refractivity contribution is -0.146. The minimum atomic E-state index is -1.26. The van der Waals surface area contributed by atoms with E-state index in [1.54, 1.807) is 0 Å². The van der Waals surface area contributed by atoms with Crippen molar-refractivity contribution in [1.29, 1.82) is 0 Å². The van der Waals surface area contributed by atoms with Crippen LogP contribution in [0.5, 0.6) is 0 Å². The molecule has 0 aromatic heterocycles. The van der Waals surface area contributed by atoms with Gasteiger partial charge in [0, 0.05) is 12.8 Å². The van der Waals surface area contributed by atoms with Crippen molar-refractivity contribution in [3.05, 3.63) is 25.3 Å². The number of hydroxylamine groups is 2. The zero-order valence-electron chi connectivity index (χ0n) is 7.68. The van der Waals surface area contributed by atoms with Crippen LogP contribution in [0.3, 0.4) is 0 Å². The first-order chi connectivity index (χ1) is 6.58. The summed E-state index contributed by atoms with van der Waals surface area (Å²) in [5, 5.41) is 19.0. The van der Waals surface area contributed by atoms with E-state index < -0.39 is 17.5 Å². The van der Waals surface area contributed by atoms with E-state index >= 15 is 0 Å². The van der Waals surface area contributed by atoms with Gasteiger partial charge in [-0.15, -0.1) is 13.2 Å². The monoisotopic (exact) mass is 196 g/mol. The molecule has 0 atom stereocenters. The van der Waals surface area contributed by atoms with Crippen LogP contribution in [-0.2, 0) is 4.79 Å². The first-order valence-electron chi connectivity index (χ1n) is 4.11. The van der Waals surface area contributed by atoms with Gasteiger partial charge < -0.3 is 5.11 Å². The molecule has 5 nitrogen and oxygen atoms in total. The van der Waals surface area contributed by atoms with E-state index in [9.17, 15) is 10.0 Å². The van der Waals surface area contributed by atoms with Gasteiger partial charge in [-0.05, 0) is 0 Å². The summed E-state index contributed by atoms with van der Waals surface area (Å²) in [5.41, 5.74) is -1.26. The molecular formula is C9H12N2O3. The third kappa shape index (κ3) is 1.31. The number of hydrogen-bond donors (Lipinski definition) is 2. The van der Waals surface area contributed by atoms with Crippen molar-refractivity contribution >= 4 is 11.9 Å². The standard InChI is InChI=1S/C9H12N2O3/c1-3-5-9(6-4-2)7(12)10-8(13)11(9)14/h3-4,14H,1-2,5-6H2,(H,10,12,13). The molecule has 0 radical (unpaired) electrons. The Hall–Kier alpha value is -1.62. The van der Waals surface area contributed by atoms with E-state index in [4.69, 9.17) is 5.11 Å². The largest absolute Gasteiger partial charge is 0.479 e. The molecule has 2 N–H and O–H groups in total. The summed E-state index contributed by atoms with van der Waals surface area (Å²) < 4.78 is 0. The van der Waals surface area contributed by atoms with E-state index in [2.05, 4.69) is 18.2 Å². The second-order valence-electron chi connectivity index (χ2n) is 3.05. The van der Waals surface area contributed by atoms with Gasteiger partial charge in [-0.1, -0.05) is 12.2 Å². The molecule has 0 aliphatic carbocycles. The molecule has 1 aliphatic rings. The SMILES string of the molecule is C=CCC1(CC=C)C(=O)N=C(O)N1O. The summed E-state index contributed by atoms with van der Waals surface area (Å²) in [4.78, 5) is 14.7. The van der Waals surface area contributed by atoms with E-state index in [0.29, 0.717) is 5.06 Å². The Morgan fingerprint density at radius 3 is 2.21 bits per heavy atom. The normalized spacial score (nSPS) is 19.4. The number of aliphatic imine (C=N–C) groups is 1. The molecule has 1 rings (SSSR count). The van der Waals surface area contributed by atoms with Crippen LogP contribution in [0.1, 0.15) is 12.8 Å². The third-order valence-corrected chi connectivity index (χ3v) is 2.16. The molecule has 0 bridgehead atoms. The summed E-state index contributed by atoms with van der Waals surface area (Å²) in [5.74, 6) is -0.586. The van der Waals surface area contributed by atoms with Gasteiger partial charge in [-0.3, -0.25) is 10.0 Å². The van der Waals surface area contributed by atoms with Crippen molar-refractivity contribution in [2.45, 2.75) is 18.4 Å². The molecule has 14 heavy (non-hydrogen) atoms. The first-order valence-corrected chi connectivity index (χ1v) is 4.11. The second kappa shape index (κ2) is 3.63. The summed E-state index contributed by atoms with van der Waals surface area (Å²) in [6.45, 7) is 6.98. The maximum absolute atomic E-state index is 11.5. The zero-order chi connectivity index (χ0) is 10.8. The fourth-order valence-corrected chi connectivity index (χ4v) is 1.43. The first kappa shape index (κ1) is 10.5. The molecule has 0 saturated carbocycles. The van der Waals surface area contributed by atoms with Gasteiger partial charge in [0.2, 0.25) is 0 Å². The number of hydrogen-bond acceptors (Lipinski definition) is 3. The van der Waals surface area contributed by atoms with Crippen molar-refractivity contribution in [1.82, 2.24) is 5.06 Å². The van der Waals surface area contributed by atoms with Crippen LogP contribution in [-0.4, -0.2) is 32.8 Å². The number of carbonyl (C=O) groups excluding carboxylic acids is 1. The number of nitrogens with zero attached hydrogens (tertiary/aromatic N) is 2. The maximum atomic E-state index is 11.5. The molecule has 1 aliphatic heterocycles. The highest BCUT2D eigenvalue weighted by Gasteiger charge is 2.49. The lowest BCUT2D eigenvalue weighted by Crippen LogP contribution is -2.49. The Morgan fingerprint density at radius 2 is 1.93 bits per heavy atom. The van der Waals surface area contributed by atoms with E-state index in [1.807, 2.05) is 0 Å². The smallest absolute Gasteiger partial charge is 0.318 e. The predicted molar refractivity (Wildman–Crippen MR) is 51.1 cm³/mol. The molecule has 0 fully saturated rings. The zero-order valence-corrected chi connectivity index (χ0v) is 7.68. The highest BCUT2D eigenvalue weighted by atomic mass is 16.5. The molecule has 5 heteroatoms. The quantitative estimate of drug-likeness (QED) is 0.658. The molecule has 1 heterocycles. The van der Waals surface area contributed by atoms with Crippen LogP contribution in [0.2, 0.25) is 0 Å². The predicted octanol–water partition coefficient (Wildman–Crippen LogP) is 1.02. The van der Waals surface area contributed by atoms with Crippen LogP contribution in [0.15, 0.2) is 30.3 Å².